The second-order valence-electron chi connectivity index (χ2n) is 6.99. The van der Waals surface area contributed by atoms with Crippen LogP contribution in [0.5, 0.6) is 0 Å². The van der Waals surface area contributed by atoms with E-state index in [1.807, 2.05) is 0 Å². The van der Waals surface area contributed by atoms with Crippen molar-refractivity contribution in [3.63, 3.8) is 0 Å². The highest BCUT2D eigenvalue weighted by Gasteiger charge is 2.05. The third kappa shape index (κ3) is 17.9. The number of nitrogens with zero attached hydrogens (tertiary/aromatic N) is 1. The standard InChI is InChI=1S/C22H44N/c1-4-7-8-9-10-11-12-13-14-15-16-17-18-19-20-22(6-3)23-21-5-2/h13-14,22H,4-12,15-21H2,1-3H3/b14-13+. The molecule has 0 aliphatic rings. The molecular formula is C22H44N. The van der Waals surface area contributed by atoms with Gasteiger partial charge in [0.25, 0.3) is 0 Å². The summed E-state index contributed by atoms with van der Waals surface area (Å²) >= 11 is 0. The second-order valence-corrected chi connectivity index (χ2v) is 6.99. The molecule has 0 aliphatic heterocycles. The lowest BCUT2D eigenvalue weighted by Crippen LogP contribution is -2.21. The van der Waals surface area contributed by atoms with Gasteiger partial charge in [0.2, 0.25) is 0 Å². The topological polar surface area (TPSA) is 14.1 Å². The van der Waals surface area contributed by atoms with E-state index in [0.29, 0.717) is 6.04 Å². The van der Waals surface area contributed by atoms with Gasteiger partial charge in [-0.2, -0.15) is 0 Å². The lowest BCUT2D eigenvalue weighted by Gasteiger charge is -2.13. The predicted octanol–water partition coefficient (Wildman–Crippen LogP) is 7.43. The van der Waals surface area contributed by atoms with Crippen molar-refractivity contribution in [2.24, 2.45) is 0 Å². The predicted molar refractivity (Wildman–Crippen MR) is 106 cm³/mol. The Labute approximate surface area is 147 Å². The zero-order valence-corrected chi connectivity index (χ0v) is 16.5. The maximum absolute atomic E-state index is 4.75. The molecule has 1 radical (unpaired) electrons. The minimum atomic E-state index is 0.632. The molecule has 0 saturated heterocycles. The molecule has 0 bridgehead atoms. The molecule has 1 heteroatoms. The van der Waals surface area contributed by atoms with Crippen LogP contribution in [0.3, 0.4) is 0 Å². The molecule has 23 heavy (non-hydrogen) atoms. The van der Waals surface area contributed by atoms with Crippen molar-refractivity contribution in [1.82, 2.24) is 5.32 Å². The van der Waals surface area contributed by atoms with E-state index in [2.05, 4.69) is 32.9 Å². The molecule has 0 aromatic carbocycles. The smallest absolute Gasteiger partial charge is 0.0243 e. The summed E-state index contributed by atoms with van der Waals surface area (Å²) in [5.41, 5.74) is 0. The van der Waals surface area contributed by atoms with Crippen molar-refractivity contribution < 1.29 is 0 Å². The molecule has 0 fully saturated rings. The summed E-state index contributed by atoms with van der Waals surface area (Å²) in [6.45, 7) is 7.84. The molecule has 0 N–H and O–H groups in total. The van der Waals surface area contributed by atoms with E-state index in [0.717, 1.165) is 6.54 Å². The van der Waals surface area contributed by atoms with Gasteiger partial charge in [-0.1, -0.05) is 84.3 Å². The Hall–Kier alpha value is -0.300. The van der Waals surface area contributed by atoms with E-state index in [4.69, 9.17) is 5.32 Å². The molecular weight excluding hydrogens is 278 g/mol. The fourth-order valence-electron chi connectivity index (χ4n) is 3.01. The third-order valence-corrected chi connectivity index (χ3v) is 4.63. The molecule has 0 aliphatic carbocycles. The van der Waals surface area contributed by atoms with E-state index in [-0.39, 0.29) is 0 Å². The minimum Gasteiger partial charge on any atom is -0.238 e. The maximum Gasteiger partial charge on any atom is 0.0243 e. The Kier molecular flexibility index (Phi) is 19.5. The van der Waals surface area contributed by atoms with Gasteiger partial charge in [0.1, 0.15) is 0 Å². The molecule has 0 spiro atoms. The molecule has 0 rings (SSSR count). The molecule has 1 unspecified atom stereocenters. The maximum atomic E-state index is 4.75. The van der Waals surface area contributed by atoms with Crippen molar-refractivity contribution in [3.05, 3.63) is 12.2 Å². The second kappa shape index (κ2) is 19.7. The van der Waals surface area contributed by atoms with Gasteiger partial charge in [0, 0.05) is 12.6 Å². The van der Waals surface area contributed by atoms with Crippen LogP contribution in [0.1, 0.15) is 117 Å². The van der Waals surface area contributed by atoms with Crippen LogP contribution in [0.2, 0.25) is 0 Å². The first-order chi connectivity index (χ1) is 11.3. The van der Waals surface area contributed by atoms with Crippen molar-refractivity contribution in [2.45, 2.75) is 123 Å². The summed E-state index contributed by atoms with van der Waals surface area (Å²) in [6.07, 6.45) is 25.1. The molecule has 1 atom stereocenters. The SMILES string of the molecule is CCCCCCCC/C=C/CCCCCCC(CC)[N]CCC. The lowest BCUT2D eigenvalue weighted by molar-refractivity contribution is 0.436. The van der Waals surface area contributed by atoms with E-state index in [9.17, 15) is 0 Å². The van der Waals surface area contributed by atoms with Gasteiger partial charge in [-0.15, -0.1) is 0 Å². The molecule has 137 valence electrons. The average Bonchev–Trinajstić information content (AvgIpc) is 2.57. The fourth-order valence-corrected chi connectivity index (χ4v) is 3.01. The highest BCUT2D eigenvalue weighted by molar-refractivity contribution is 4.81. The van der Waals surface area contributed by atoms with Gasteiger partial charge in [0.15, 0.2) is 0 Å². The minimum absolute atomic E-state index is 0.632. The summed E-state index contributed by atoms with van der Waals surface area (Å²) in [6, 6.07) is 0.632. The van der Waals surface area contributed by atoms with Crippen LogP contribution >= 0.6 is 0 Å². The molecule has 1 nitrogen and oxygen atoms in total. The molecule has 0 amide bonds. The number of hydrogen-bond acceptors (Lipinski definition) is 0. The summed E-state index contributed by atoms with van der Waals surface area (Å²) in [7, 11) is 0. The van der Waals surface area contributed by atoms with Crippen LogP contribution in [0.4, 0.5) is 0 Å². The normalized spacial score (nSPS) is 13.0. The Morgan fingerprint density at radius 2 is 1.22 bits per heavy atom. The van der Waals surface area contributed by atoms with Crippen molar-refractivity contribution >= 4 is 0 Å². The van der Waals surface area contributed by atoms with E-state index < -0.39 is 0 Å². The van der Waals surface area contributed by atoms with E-state index in [1.165, 1.54) is 96.3 Å². The van der Waals surface area contributed by atoms with Crippen molar-refractivity contribution in [2.75, 3.05) is 6.54 Å². The Balaban J connectivity index is 3.24. The Bertz CT molecular complexity index is 234. The fraction of sp³-hybridized carbons (Fsp3) is 0.909. The van der Waals surface area contributed by atoms with Gasteiger partial charge in [0.05, 0.1) is 0 Å². The van der Waals surface area contributed by atoms with Crippen LogP contribution < -0.4 is 5.32 Å². The largest absolute Gasteiger partial charge is 0.238 e. The number of rotatable bonds is 18. The zero-order valence-electron chi connectivity index (χ0n) is 16.5. The van der Waals surface area contributed by atoms with E-state index >= 15 is 0 Å². The summed E-state index contributed by atoms with van der Waals surface area (Å²) in [4.78, 5) is 0. The third-order valence-electron chi connectivity index (χ3n) is 4.63. The molecule has 0 heterocycles. The van der Waals surface area contributed by atoms with Gasteiger partial charge < -0.3 is 0 Å². The molecule has 0 saturated carbocycles. The van der Waals surface area contributed by atoms with Gasteiger partial charge >= 0.3 is 0 Å². The van der Waals surface area contributed by atoms with Crippen molar-refractivity contribution in [3.8, 4) is 0 Å². The van der Waals surface area contributed by atoms with Crippen LogP contribution in [0.25, 0.3) is 0 Å². The van der Waals surface area contributed by atoms with Crippen molar-refractivity contribution in [1.29, 1.82) is 0 Å². The summed E-state index contributed by atoms with van der Waals surface area (Å²) in [5.74, 6) is 0. The average molecular weight is 323 g/mol. The van der Waals surface area contributed by atoms with E-state index in [1.54, 1.807) is 0 Å². The number of unbranched alkanes of at least 4 members (excludes halogenated alkanes) is 10. The highest BCUT2D eigenvalue weighted by atomic mass is 14.9. The van der Waals surface area contributed by atoms with Crippen LogP contribution in [0.15, 0.2) is 12.2 Å². The Morgan fingerprint density at radius 1 is 0.652 bits per heavy atom. The van der Waals surface area contributed by atoms with Gasteiger partial charge in [-0.25, -0.2) is 5.32 Å². The van der Waals surface area contributed by atoms with Gasteiger partial charge in [-0.05, 0) is 44.9 Å². The summed E-state index contributed by atoms with van der Waals surface area (Å²) in [5, 5.41) is 4.75. The van der Waals surface area contributed by atoms with Crippen LogP contribution in [0, 0.1) is 0 Å². The zero-order chi connectivity index (χ0) is 17.0. The monoisotopic (exact) mass is 322 g/mol. The first-order valence-corrected chi connectivity index (χ1v) is 10.7. The number of allylic oxidation sites excluding steroid dienone is 2. The van der Waals surface area contributed by atoms with Crippen LogP contribution in [-0.2, 0) is 0 Å². The Morgan fingerprint density at radius 3 is 1.78 bits per heavy atom. The number of hydrogen-bond donors (Lipinski definition) is 0. The molecule has 0 aromatic rings. The lowest BCUT2D eigenvalue weighted by atomic mass is 10.0. The first kappa shape index (κ1) is 22.7. The van der Waals surface area contributed by atoms with Gasteiger partial charge in [-0.3, -0.25) is 0 Å². The quantitative estimate of drug-likeness (QED) is 0.184. The molecule has 0 aromatic heterocycles. The summed E-state index contributed by atoms with van der Waals surface area (Å²) < 4.78 is 0. The first-order valence-electron chi connectivity index (χ1n) is 10.7. The van der Waals surface area contributed by atoms with Crippen LogP contribution in [-0.4, -0.2) is 12.6 Å². The highest BCUT2D eigenvalue weighted by Crippen LogP contribution is 2.11.